The minimum atomic E-state index is -0.388. The average molecular weight is 282 g/mol. The summed E-state index contributed by atoms with van der Waals surface area (Å²) in [6.45, 7) is 7.10. The van der Waals surface area contributed by atoms with Gasteiger partial charge in [0.2, 0.25) is 5.91 Å². The fourth-order valence-electron chi connectivity index (χ4n) is 3.74. The molecule has 0 bridgehead atoms. The molecule has 2 fully saturated rings. The van der Waals surface area contributed by atoms with Gasteiger partial charge in [0.15, 0.2) is 0 Å². The van der Waals surface area contributed by atoms with Crippen LogP contribution < -0.4 is 11.1 Å². The van der Waals surface area contributed by atoms with Crippen LogP contribution in [0.5, 0.6) is 0 Å². The predicted octanol–water partition coefficient (Wildman–Crippen LogP) is 2.07. The monoisotopic (exact) mass is 282 g/mol. The zero-order chi connectivity index (χ0) is 14.6. The molecule has 1 saturated carbocycles. The van der Waals surface area contributed by atoms with E-state index in [2.05, 4.69) is 19.2 Å². The molecule has 1 aliphatic heterocycles. The van der Waals surface area contributed by atoms with Crippen LogP contribution in [0.4, 0.5) is 0 Å². The lowest BCUT2D eigenvalue weighted by Crippen LogP contribution is -2.52. The number of nitrogens with one attached hydrogen (secondary N) is 1. The van der Waals surface area contributed by atoms with E-state index in [9.17, 15) is 4.79 Å². The van der Waals surface area contributed by atoms with Crippen LogP contribution in [0.2, 0.25) is 0 Å². The lowest BCUT2D eigenvalue weighted by atomic mass is 9.64. The predicted molar refractivity (Wildman–Crippen MR) is 80.3 cm³/mol. The Morgan fingerprint density at radius 2 is 1.90 bits per heavy atom. The van der Waals surface area contributed by atoms with Crippen molar-refractivity contribution in [1.29, 1.82) is 0 Å². The van der Waals surface area contributed by atoms with Gasteiger partial charge in [0.25, 0.3) is 0 Å². The zero-order valence-corrected chi connectivity index (χ0v) is 13.0. The van der Waals surface area contributed by atoms with Crippen molar-refractivity contribution in [3.8, 4) is 0 Å². The molecule has 4 nitrogen and oxygen atoms in total. The first kappa shape index (κ1) is 15.8. The van der Waals surface area contributed by atoms with Gasteiger partial charge in [-0.1, -0.05) is 20.3 Å². The van der Waals surface area contributed by atoms with Crippen molar-refractivity contribution >= 4 is 5.91 Å². The zero-order valence-electron chi connectivity index (χ0n) is 13.0. The number of carbonyl (C=O) groups is 1. The van der Waals surface area contributed by atoms with Crippen molar-refractivity contribution in [2.75, 3.05) is 26.3 Å². The number of hydrogen-bond acceptors (Lipinski definition) is 3. The Bertz CT molecular complexity index is 331. The molecule has 20 heavy (non-hydrogen) atoms. The van der Waals surface area contributed by atoms with Gasteiger partial charge in [0.05, 0.1) is 5.41 Å². The molecule has 0 spiro atoms. The van der Waals surface area contributed by atoms with Gasteiger partial charge in [-0.3, -0.25) is 4.79 Å². The maximum atomic E-state index is 12.6. The van der Waals surface area contributed by atoms with Crippen LogP contribution in [0, 0.1) is 16.7 Å². The van der Waals surface area contributed by atoms with Crippen LogP contribution in [0.15, 0.2) is 0 Å². The summed E-state index contributed by atoms with van der Waals surface area (Å²) in [5, 5.41) is 3.22. The lowest BCUT2D eigenvalue weighted by molar-refractivity contribution is -0.136. The maximum Gasteiger partial charge on any atom is 0.227 e. The molecule has 0 unspecified atom stereocenters. The van der Waals surface area contributed by atoms with Gasteiger partial charge in [-0.25, -0.2) is 0 Å². The first-order chi connectivity index (χ1) is 9.52. The van der Waals surface area contributed by atoms with Gasteiger partial charge in [-0.05, 0) is 43.4 Å². The molecule has 0 atom stereocenters. The first-order valence-electron chi connectivity index (χ1n) is 8.08. The van der Waals surface area contributed by atoms with Crippen LogP contribution in [0.25, 0.3) is 0 Å². The van der Waals surface area contributed by atoms with E-state index < -0.39 is 0 Å². The number of nitrogens with two attached hydrogens (primary N) is 1. The first-order valence-corrected chi connectivity index (χ1v) is 8.08. The van der Waals surface area contributed by atoms with Crippen LogP contribution in [0.3, 0.4) is 0 Å². The Morgan fingerprint density at radius 1 is 1.25 bits per heavy atom. The minimum absolute atomic E-state index is 0.151. The lowest BCUT2D eigenvalue weighted by Gasteiger charge is -2.44. The molecule has 0 radical (unpaired) electrons. The van der Waals surface area contributed by atoms with Crippen molar-refractivity contribution < 1.29 is 9.53 Å². The van der Waals surface area contributed by atoms with Crippen molar-refractivity contribution in [1.82, 2.24) is 5.32 Å². The summed E-state index contributed by atoms with van der Waals surface area (Å²) in [4.78, 5) is 12.6. The standard InChI is InChI=1S/C16H30N2O2/c1-13(2)10-15(4-3-5-15)12-18-14(19)16(11-17)6-8-20-9-7-16/h13H,3-12,17H2,1-2H3,(H,18,19). The van der Waals surface area contributed by atoms with Crippen LogP contribution >= 0.6 is 0 Å². The van der Waals surface area contributed by atoms with E-state index in [4.69, 9.17) is 10.5 Å². The summed E-state index contributed by atoms with van der Waals surface area (Å²) in [7, 11) is 0. The second-order valence-corrected chi connectivity index (χ2v) is 7.23. The highest BCUT2D eigenvalue weighted by Gasteiger charge is 2.42. The molecule has 1 saturated heterocycles. The number of amides is 1. The molecule has 1 aliphatic carbocycles. The molecule has 0 aromatic rings. The Balaban J connectivity index is 1.90. The van der Waals surface area contributed by atoms with Gasteiger partial charge in [-0.2, -0.15) is 0 Å². The number of ether oxygens (including phenoxy) is 1. The van der Waals surface area contributed by atoms with Crippen LogP contribution in [-0.4, -0.2) is 32.2 Å². The smallest absolute Gasteiger partial charge is 0.227 e. The largest absolute Gasteiger partial charge is 0.381 e. The topological polar surface area (TPSA) is 64.4 Å². The van der Waals surface area contributed by atoms with E-state index in [1.165, 1.54) is 25.7 Å². The molecule has 0 aromatic carbocycles. The Labute approximate surface area is 122 Å². The maximum absolute atomic E-state index is 12.6. The highest BCUT2D eigenvalue weighted by Crippen LogP contribution is 2.45. The molecule has 3 N–H and O–H groups in total. The summed E-state index contributed by atoms with van der Waals surface area (Å²) in [5.41, 5.74) is 5.85. The van der Waals surface area contributed by atoms with E-state index in [-0.39, 0.29) is 11.3 Å². The number of rotatable bonds is 6. The van der Waals surface area contributed by atoms with Gasteiger partial charge in [-0.15, -0.1) is 0 Å². The van der Waals surface area contributed by atoms with E-state index in [1.54, 1.807) is 0 Å². The van der Waals surface area contributed by atoms with E-state index in [0.29, 0.717) is 31.1 Å². The third-order valence-electron chi connectivity index (χ3n) is 5.20. The molecule has 2 rings (SSSR count). The Kier molecular flexibility index (Phi) is 5.08. The second kappa shape index (κ2) is 6.44. The molecule has 1 amide bonds. The van der Waals surface area contributed by atoms with Gasteiger partial charge < -0.3 is 15.8 Å². The van der Waals surface area contributed by atoms with Gasteiger partial charge in [0.1, 0.15) is 0 Å². The molecule has 0 aromatic heterocycles. The number of carbonyl (C=O) groups excluding carboxylic acids is 1. The highest BCUT2D eigenvalue weighted by atomic mass is 16.5. The van der Waals surface area contributed by atoms with Crippen molar-refractivity contribution in [3.05, 3.63) is 0 Å². The molecule has 1 heterocycles. The normalized spacial score (nSPS) is 24.2. The van der Waals surface area contributed by atoms with E-state index in [0.717, 1.165) is 19.4 Å². The third kappa shape index (κ3) is 3.34. The SMILES string of the molecule is CC(C)CC1(CNC(=O)C2(CN)CCOCC2)CCC1. The summed E-state index contributed by atoms with van der Waals surface area (Å²) in [6.07, 6.45) is 6.54. The van der Waals surface area contributed by atoms with Crippen molar-refractivity contribution in [2.24, 2.45) is 22.5 Å². The number of hydrogen-bond donors (Lipinski definition) is 2. The van der Waals surface area contributed by atoms with Crippen LogP contribution in [0.1, 0.15) is 52.4 Å². The van der Waals surface area contributed by atoms with Gasteiger partial charge >= 0.3 is 0 Å². The molecule has 116 valence electrons. The van der Waals surface area contributed by atoms with E-state index in [1.807, 2.05) is 0 Å². The average Bonchev–Trinajstić information content (AvgIpc) is 2.41. The molecular formula is C16H30N2O2. The summed E-state index contributed by atoms with van der Waals surface area (Å²) in [6, 6.07) is 0. The Hall–Kier alpha value is -0.610. The fourth-order valence-corrected chi connectivity index (χ4v) is 3.74. The summed E-state index contributed by atoms with van der Waals surface area (Å²) >= 11 is 0. The summed E-state index contributed by atoms with van der Waals surface area (Å²) < 4.78 is 5.37. The molecule has 2 aliphatic rings. The fraction of sp³-hybridized carbons (Fsp3) is 0.938. The third-order valence-corrected chi connectivity index (χ3v) is 5.20. The van der Waals surface area contributed by atoms with E-state index >= 15 is 0 Å². The Morgan fingerprint density at radius 3 is 2.35 bits per heavy atom. The van der Waals surface area contributed by atoms with Crippen molar-refractivity contribution in [2.45, 2.75) is 52.4 Å². The minimum Gasteiger partial charge on any atom is -0.381 e. The second-order valence-electron chi connectivity index (χ2n) is 7.23. The van der Waals surface area contributed by atoms with Crippen molar-refractivity contribution in [3.63, 3.8) is 0 Å². The van der Waals surface area contributed by atoms with Gasteiger partial charge in [0, 0.05) is 26.3 Å². The quantitative estimate of drug-likeness (QED) is 0.784. The summed E-state index contributed by atoms with van der Waals surface area (Å²) in [5.74, 6) is 0.845. The molecule has 4 heteroatoms. The van der Waals surface area contributed by atoms with Crippen LogP contribution in [-0.2, 0) is 9.53 Å². The highest BCUT2D eigenvalue weighted by molar-refractivity contribution is 5.83. The molecular weight excluding hydrogens is 252 g/mol.